The van der Waals surface area contributed by atoms with Crippen molar-refractivity contribution in [2.75, 3.05) is 12.1 Å². The molecule has 0 radical (unpaired) electrons. The summed E-state index contributed by atoms with van der Waals surface area (Å²) < 4.78 is 13.6. The molecule has 0 saturated heterocycles. The van der Waals surface area contributed by atoms with Gasteiger partial charge in [-0.05, 0) is 29.8 Å². The fraction of sp³-hybridized carbons (Fsp3) is 0.208. The molecular formula is C24H22N6O5. The van der Waals surface area contributed by atoms with Crippen LogP contribution in [-0.2, 0) is 24.9 Å². The number of benzene rings is 2. The highest BCUT2D eigenvalue weighted by molar-refractivity contribution is 6.03. The van der Waals surface area contributed by atoms with E-state index in [4.69, 9.17) is 9.47 Å². The SMILES string of the molecule is Cn1ncc2c(=O)n(CCC(=O)Nc3ccccc3C(=O)NCc3ccc4c(c3)OCO4)cnc21. The van der Waals surface area contributed by atoms with Crippen LogP contribution in [0, 0.1) is 0 Å². The Kier molecular flexibility index (Phi) is 5.88. The molecule has 0 aliphatic carbocycles. The second-order valence-electron chi connectivity index (χ2n) is 7.96. The Labute approximate surface area is 199 Å². The molecule has 2 aromatic carbocycles. The number of nitrogens with one attached hydrogen (secondary N) is 2. The van der Waals surface area contributed by atoms with E-state index in [-0.39, 0.29) is 43.7 Å². The van der Waals surface area contributed by atoms with Gasteiger partial charge in [0.1, 0.15) is 5.39 Å². The molecule has 11 nitrogen and oxygen atoms in total. The molecule has 0 atom stereocenters. The van der Waals surface area contributed by atoms with Crippen LogP contribution in [0.2, 0.25) is 0 Å². The van der Waals surface area contributed by atoms with E-state index in [1.165, 1.54) is 21.8 Å². The molecule has 0 bridgehead atoms. The number of carbonyl (C=O) groups excluding carboxylic acids is 2. The summed E-state index contributed by atoms with van der Waals surface area (Å²) in [4.78, 5) is 42.2. The molecule has 11 heteroatoms. The van der Waals surface area contributed by atoms with Crippen molar-refractivity contribution in [1.82, 2.24) is 24.6 Å². The average molecular weight is 474 g/mol. The van der Waals surface area contributed by atoms with Gasteiger partial charge >= 0.3 is 0 Å². The summed E-state index contributed by atoms with van der Waals surface area (Å²) in [6.07, 6.45) is 2.89. The Morgan fingerprint density at radius 3 is 2.83 bits per heavy atom. The van der Waals surface area contributed by atoms with E-state index in [0.29, 0.717) is 33.8 Å². The lowest BCUT2D eigenvalue weighted by Crippen LogP contribution is -2.26. The number of amides is 2. The predicted octanol–water partition coefficient (Wildman–Crippen LogP) is 1.82. The van der Waals surface area contributed by atoms with Crippen LogP contribution in [0.1, 0.15) is 22.3 Å². The number of nitrogens with zero attached hydrogens (tertiary/aromatic N) is 4. The number of fused-ring (bicyclic) bond motifs is 2. The molecule has 2 aromatic heterocycles. The predicted molar refractivity (Wildman–Crippen MR) is 126 cm³/mol. The number of hydrogen-bond donors (Lipinski definition) is 2. The zero-order valence-corrected chi connectivity index (χ0v) is 18.9. The normalized spacial score (nSPS) is 12.0. The lowest BCUT2D eigenvalue weighted by Gasteiger charge is -2.12. The van der Waals surface area contributed by atoms with Crippen molar-refractivity contribution < 1.29 is 19.1 Å². The lowest BCUT2D eigenvalue weighted by atomic mass is 10.1. The maximum absolute atomic E-state index is 12.8. The molecule has 1 aliphatic heterocycles. The number of aromatic nitrogens is 4. The molecule has 5 rings (SSSR count). The van der Waals surface area contributed by atoms with Crippen LogP contribution in [-0.4, -0.2) is 37.9 Å². The van der Waals surface area contributed by atoms with E-state index in [1.807, 2.05) is 12.1 Å². The minimum Gasteiger partial charge on any atom is -0.454 e. The van der Waals surface area contributed by atoms with Crippen molar-refractivity contribution in [2.45, 2.75) is 19.5 Å². The molecule has 35 heavy (non-hydrogen) atoms. The highest BCUT2D eigenvalue weighted by atomic mass is 16.7. The summed E-state index contributed by atoms with van der Waals surface area (Å²) >= 11 is 0. The van der Waals surface area contributed by atoms with Crippen LogP contribution in [0.15, 0.2) is 59.8 Å². The number of anilines is 1. The molecule has 0 saturated carbocycles. The van der Waals surface area contributed by atoms with Gasteiger partial charge in [0.15, 0.2) is 17.1 Å². The van der Waals surface area contributed by atoms with Gasteiger partial charge in [0, 0.05) is 26.6 Å². The molecule has 2 amide bonds. The second-order valence-corrected chi connectivity index (χ2v) is 7.96. The Hall–Kier alpha value is -4.67. The first-order valence-corrected chi connectivity index (χ1v) is 10.9. The van der Waals surface area contributed by atoms with Gasteiger partial charge in [0.2, 0.25) is 12.7 Å². The molecule has 1 aliphatic rings. The zero-order chi connectivity index (χ0) is 24.4. The van der Waals surface area contributed by atoms with Crippen LogP contribution in [0.4, 0.5) is 5.69 Å². The highest BCUT2D eigenvalue weighted by Crippen LogP contribution is 2.32. The summed E-state index contributed by atoms with van der Waals surface area (Å²) in [7, 11) is 1.70. The van der Waals surface area contributed by atoms with Crippen molar-refractivity contribution in [3.05, 3.63) is 76.5 Å². The first kappa shape index (κ1) is 22.1. The largest absolute Gasteiger partial charge is 0.454 e. The second kappa shape index (κ2) is 9.29. The summed E-state index contributed by atoms with van der Waals surface area (Å²) in [6, 6.07) is 12.2. The minimum absolute atomic E-state index is 0.0283. The standard InChI is InChI=1S/C24H22N6O5/c1-29-22-17(12-27-29)24(33)30(13-26-22)9-8-21(31)28-18-5-3-2-4-16(18)23(32)25-11-15-6-7-19-20(10-15)35-14-34-19/h2-7,10,12-13H,8-9,11,14H2,1H3,(H,25,32)(H,28,31). The maximum Gasteiger partial charge on any atom is 0.264 e. The summed E-state index contributed by atoms with van der Waals surface area (Å²) in [5.41, 5.74) is 1.79. The van der Waals surface area contributed by atoms with Crippen molar-refractivity contribution >= 4 is 28.5 Å². The first-order chi connectivity index (χ1) is 17.0. The highest BCUT2D eigenvalue weighted by Gasteiger charge is 2.16. The number of aryl methyl sites for hydroxylation is 2. The fourth-order valence-corrected chi connectivity index (χ4v) is 3.78. The third kappa shape index (κ3) is 4.56. The lowest BCUT2D eigenvalue weighted by molar-refractivity contribution is -0.116. The smallest absolute Gasteiger partial charge is 0.264 e. The van der Waals surface area contributed by atoms with Crippen LogP contribution in [0.25, 0.3) is 11.0 Å². The molecule has 3 heterocycles. The van der Waals surface area contributed by atoms with E-state index < -0.39 is 0 Å². The summed E-state index contributed by atoms with van der Waals surface area (Å²) in [5, 5.41) is 10.0. The number of rotatable bonds is 7. The number of para-hydroxylation sites is 1. The quantitative estimate of drug-likeness (QED) is 0.418. The Bertz CT molecular complexity index is 1490. The summed E-state index contributed by atoms with van der Waals surface area (Å²) in [5.74, 6) is 0.646. The van der Waals surface area contributed by atoms with Crippen LogP contribution in [0.5, 0.6) is 11.5 Å². The third-order valence-corrected chi connectivity index (χ3v) is 5.63. The van der Waals surface area contributed by atoms with Gasteiger partial charge in [-0.2, -0.15) is 5.10 Å². The van der Waals surface area contributed by atoms with Crippen molar-refractivity contribution in [3.63, 3.8) is 0 Å². The maximum atomic E-state index is 12.8. The average Bonchev–Trinajstić information content (AvgIpc) is 3.49. The molecular weight excluding hydrogens is 452 g/mol. The zero-order valence-electron chi connectivity index (χ0n) is 18.9. The van der Waals surface area contributed by atoms with E-state index in [0.717, 1.165) is 5.56 Å². The van der Waals surface area contributed by atoms with Gasteiger partial charge in [0.05, 0.1) is 23.8 Å². The number of ether oxygens (including phenoxy) is 2. The Balaban J connectivity index is 1.21. The van der Waals surface area contributed by atoms with Gasteiger partial charge in [-0.1, -0.05) is 18.2 Å². The molecule has 0 fully saturated rings. The van der Waals surface area contributed by atoms with Gasteiger partial charge in [-0.25, -0.2) is 4.98 Å². The van der Waals surface area contributed by atoms with Crippen molar-refractivity contribution in [1.29, 1.82) is 0 Å². The van der Waals surface area contributed by atoms with Crippen LogP contribution in [0.3, 0.4) is 0 Å². The van der Waals surface area contributed by atoms with Gasteiger partial charge in [0.25, 0.3) is 11.5 Å². The third-order valence-electron chi connectivity index (χ3n) is 5.63. The van der Waals surface area contributed by atoms with E-state index in [2.05, 4.69) is 20.7 Å². The van der Waals surface area contributed by atoms with E-state index in [1.54, 1.807) is 37.4 Å². The molecule has 2 N–H and O–H groups in total. The van der Waals surface area contributed by atoms with Gasteiger partial charge in [-0.15, -0.1) is 0 Å². The summed E-state index contributed by atoms with van der Waals surface area (Å²) in [6.45, 7) is 0.604. The van der Waals surface area contributed by atoms with Crippen LogP contribution >= 0.6 is 0 Å². The van der Waals surface area contributed by atoms with Gasteiger partial charge in [-0.3, -0.25) is 23.6 Å². The monoisotopic (exact) mass is 474 g/mol. The van der Waals surface area contributed by atoms with Gasteiger partial charge < -0.3 is 20.1 Å². The van der Waals surface area contributed by atoms with E-state index >= 15 is 0 Å². The van der Waals surface area contributed by atoms with Crippen LogP contribution < -0.4 is 25.7 Å². The topological polar surface area (TPSA) is 129 Å². The minimum atomic E-state index is -0.334. The molecule has 0 spiro atoms. The molecule has 4 aromatic rings. The van der Waals surface area contributed by atoms with E-state index in [9.17, 15) is 14.4 Å². The van der Waals surface area contributed by atoms with Crippen molar-refractivity contribution in [2.24, 2.45) is 7.05 Å². The first-order valence-electron chi connectivity index (χ1n) is 10.9. The van der Waals surface area contributed by atoms with Crippen molar-refractivity contribution in [3.8, 4) is 11.5 Å². The fourth-order valence-electron chi connectivity index (χ4n) is 3.78. The number of hydrogen-bond acceptors (Lipinski definition) is 7. The number of carbonyl (C=O) groups is 2. The Morgan fingerprint density at radius 2 is 1.94 bits per heavy atom. The molecule has 0 unspecified atom stereocenters. The molecule has 178 valence electrons. The Morgan fingerprint density at radius 1 is 1.11 bits per heavy atom.